The van der Waals surface area contributed by atoms with E-state index in [4.69, 9.17) is 0 Å². The van der Waals surface area contributed by atoms with Crippen LogP contribution in [0.25, 0.3) is 0 Å². The minimum Gasteiger partial charge on any atom is -0.385 e. The molecule has 3 nitrogen and oxygen atoms in total. The van der Waals surface area contributed by atoms with Crippen molar-refractivity contribution in [2.75, 3.05) is 38.5 Å². The molecular formula is C15H23N3. The van der Waals surface area contributed by atoms with E-state index in [2.05, 4.69) is 40.8 Å². The van der Waals surface area contributed by atoms with Crippen LogP contribution in [0.3, 0.4) is 0 Å². The first kappa shape index (κ1) is 12.0. The maximum absolute atomic E-state index is 3.49. The Hall–Kier alpha value is -1.06. The van der Waals surface area contributed by atoms with Crippen molar-refractivity contribution < 1.29 is 0 Å². The summed E-state index contributed by atoms with van der Waals surface area (Å²) in [6.45, 7) is 4.53. The van der Waals surface area contributed by atoms with Crippen LogP contribution in [-0.4, -0.2) is 44.2 Å². The number of rotatable bonds is 2. The zero-order valence-corrected chi connectivity index (χ0v) is 11.2. The van der Waals surface area contributed by atoms with Gasteiger partial charge in [0.15, 0.2) is 0 Å². The second kappa shape index (κ2) is 5.29. The second-order valence-electron chi connectivity index (χ2n) is 5.56. The molecule has 2 heterocycles. The zero-order chi connectivity index (χ0) is 12.4. The highest BCUT2D eigenvalue weighted by Crippen LogP contribution is 2.24. The van der Waals surface area contributed by atoms with Gasteiger partial charge in [-0.1, -0.05) is 12.1 Å². The smallest absolute Gasteiger partial charge is 0.0372 e. The van der Waals surface area contributed by atoms with Gasteiger partial charge < -0.3 is 15.5 Å². The Labute approximate surface area is 110 Å². The van der Waals surface area contributed by atoms with Crippen molar-refractivity contribution in [1.82, 2.24) is 10.2 Å². The monoisotopic (exact) mass is 245 g/mol. The highest BCUT2D eigenvalue weighted by molar-refractivity contribution is 5.54. The highest BCUT2D eigenvalue weighted by atomic mass is 15.2. The number of piperazine rings is 1. The normalized spacial score (nSPS) is 24.4. The van der Waals surface area contributed by atoms with E-state index in [0.29, 0.717) is 6.04 Å². The molecule has 1 fully saturated rings. The Morgan fingerprint density at radius 1 is 1.33 bits per heavy atom. The van der Waals surface area contributed by atoms with E-state index in [1.54, 1.807) is 0 Å². The number of anilines is 1. The van der Waals surface area contributed by atoms with Crippen LogP contribution >= 0.6 is 0 Å². The number of fused-ring (bicyclic) bond motifs is 1. The molecule has 3 rings (SSSR count). The largest absolute Gasteiger partial charge is 0.385 e. The van der Waals surface area contributed by atoms with E-state index in [1.807, 2.05) is 0 Å². The number of nitrogens with zero attached hydrogens (tertiary/aromatic N) is 1. The van der Waals surface area contributed by atoms with E-state index in [1.165, 1.54) is 29.7 Å². The lowest BCUT2D eigenvalue weighted by atomic mass is 9.97. The molecule has 1 saturated heterocycles. The molecule has 0 amide bonds. The van der Waals surface area contributed by atoms with Gasteiger partial charge in [0.1, 0.15) is 0 Å². The summed E-state index contributed by atoms with van der Waals surface area (Å²) in [5.74, 6) is 0. The summed E-state index contributed by atoms with van der Waals surface area (Å²) < 4.78 is 0. The first-order chi connectivity index (χ1) is 8.83. The molecule has 0 aliphatic carbocycles. The van der Waals surface area contributed by atoms with Gasteiger partial charge in [-0.2, -0.15) is 0 Å². The van der Waals surface area contributed by atoms with Gasteiger partial charge in [-0.15, -0.1) is 0 Å². The van der Waals surface area contributed by atoms with Crippen LogP contribution in [0, 0.1) is 0 Å². The Morgan fingerprint density at radius 3 is 3.17 bits per heavy atom. The minimum absolute atomic E-state index is 0.647. The second-order valence-corrected chi connectivity index (χ2v) is 5.56. The minimum atomic E-state index is 0.647. The molecule has 18 heavy (non-hydrogen) atoms. The summed E-state index contributed by atoms with van der Waals surface area (Å²) >= 11 is 0. The standard InChI is InChI=1S/C15H23N3/c1-18-8-7-16-11-14(18)10-12-4-5-15-13(9-12)3-2-6-17-15/h4-5,9,14,16-17H,2-3,6-8,10-11H2,1H3. The Morgan fingerprint density at radius 2 is 2.28 bits per heavy atom. The van der Waals surface area contributed by atoms with Crippen molar-refractivity contribution >= 4 is 5.69 Å². The Balaban J connectivity index is 1.72. The number of aryl methyl sites for hydroxylation is 1. The van der Waals surface area contributed by atoms with Crippen molar-refractivity contribution in [2.45, 2.75) is 25.3 Å². The molecule has 1 atom stereocenters. The SMILES string of the molecule is CN1CCNCC1Cc1ccc2c(c1)CCCN2. The first-order valence-electron chi connectivity index (χ1n) is 7.09. The molecule has 1 aromatic carbocycles. The predicted molar refractivity (Wildman–Crippen MR) is 76.2 cm³/mol. The van der Waals surface area contributed by atoms with Crippen LogP contribution in [-0.2, 0) is 12.8 Å². The lowest BCUT2D eigenvalue weighted by Crippen LogP contribution is -2.50. The molecule has 1 aromatic rings. The van der Waals surface area contributed by atoms with Crippen LogP contribution < -0.4 is 10.6 Å². The number of likely N-dealkylation sites (N-methyl/N-ethyl adjacent to an activating group) is 1. The third-order valence-corrected chi connectivity index (χ3v) is 4.22. The topological polar surface area (TPSA) is 27.3 Å². The molecule has 0 radical (unpaired) electrons. The van der Waals surface area contributed by atoms with Gasteiger partial charge in [-0.05, 0) is 43.5 Å². The average Bonchev–Trinajstić information content (AvgIpc) is 2.41. The third kappa shape index (κ3) is 2.52. The zero-order valence-electron chi connectivity index (χ0n) is 11.2. The number of nitrogens with one attached hydrogen (secondary N) is 2. The van der Waals surface area contributed by atoms with Crippen molar-refractivity contribution in [2.24, 2.45) is 0 Å². The van der Waals surface area contributed by atoms with Crippen molar-refractivity contribution in [1.29, 1.82) is 0 Å². The molecule has 3 heteroatoms. The lowest BCUT2D eigenvalue weighted by Gasteiger charge is -2.33. The number of hydrogen-bond donors (Lipinski definition) is 2. The summed E-state index contributed by atoms with van der Waals surface area (Å²) in [5.41, 5.74) is 4.34. The molecule has 2 aliphatic rings. The summed E-state index contributed by atoms with van der Waals surface area (Å²) in [6, 6.07) is 7.61. The van der Waals surface area contributed by atoms with Crippen LogP contribution in [0.1, 0.15) is 17.5 Å². The van der Waals surface area contributed by atoms with Gasteiger partial charge in [0.05, 0.1) is 0 Å². The molecular weight excluding hydrogens is 222 g/mol. The Kier molecular flexibility index (Phi) is 3.52. The lowest BCUT2D eigenvalue weighted by molar-refractivity contribution is 0.199. The van der Waals surface area contributed by atoms with Crippen LogP contribution in [0.5, 0.6) is 0 Å². The molecule has 0 spiro atoms. The van der Waals surface area contributed by atoms with Crippen molar-refractivity contribution in [3.05, 3.63) is 29.3 Å². The van der Waals surface area contributed by atoms with Gasteiger partial charge in [-0.25, -0.2) is 0 Å². The fourth-order valence-electron chi connectivity index (χ4n) is 3.02. The maximum Gasteiger partial charge on any atom is 0.0372 e. The van der Waals surface area contributed by atoms with Crippen LogP contribution in [0.4, 0.5) is 5.69 Å². The third-order valence-electron chi connectivity index (χ3n) is 4.22. The summed E-state index contributed by atoms with van der Waals surface area (Å²) in [4.78, 5) is 2.48. The molecule has 2 N–H and O–H groups in total. The fraction of sp³-hybridized carbons (Fsp3) is 0.600. The fourth-order valence-corrected chi connectivity index (χ4v) is 3.02. The van der Waals surface area contributed by atoms with Crippen LogP contribution in [0.2, 0.25) is 0 Å². The van der Waals surface area contributed by atoms with Gasteiger partial charge in [-0.3, -0.25) is 0 Å². The number of benzene rings is 1. The first-order valence-corrected chi connectivity index (χ1v) is 7.09. The summed E-state index contributed by atoms with van der Waals surface area (Å²) in [5, 5.41) is 6.97. The quantitative estimate of drug-likeness (QED) is 0.826. The van der Waals surface area contributed by atoms with Crippen molar-refractivity contribution in [3.63, 3.8) is 0 Å². The van der Waals surface area contributed by atoms with Gasteiger partial charge >= 0.3 is 0 Å². The molecule has 0 saturated carbocycles. The van der Waals surface area contributed by atoms with Gasteiger partial charge in [0, 0.05) is 37.9 Å². The molecule has 1 unspecified atom stereocenters. The van der Waals surface area contributed by atoms with Gasteiger partial charge in [0.2, 0.25) is 0 Å². The Bertz CT molecular complexity index is 416. The molecule has 2 aliphatic heterocycles. The van der Waals surface area contributed by atoms with E-state index >= 15 is 0 Å². The molecule has 0 bridgehead atoms. The van der Waals surface area contributed by atoms with E-state index in [-0.39, 0.29) is 0 Å². The van der Waals surface area contributed by atoms with E-state index in [0.717, 1.165) is 32.6 Å². The predicted octanol–water partition coefficient (Wildman–Crippen LogP) is 1.49. The average molecular weight is 245 g/mol. The highest BCUT2D eigenvalue weighted by Gasteiger charge is 2.19. The van der Waals surface area contributed by atoms with Crippen molar-refractivity contribution in [3.8, 4) is 0 Å². The van der Waals surface area contributed by atoms with Gasteiger partial charge in [0.25, 0.3) is 0 Å². The maximum atomic E-state index is 3.49. The van der Waals surface area contributed by atoms with Crippen LogP contribution in [0.15, 0.2) is 18.2 Å². The number of hydrogen-bond acceptors (Lipinski definition) is 3. The van der Waals surface area contributed by atoms with E-state index in [9.17, 15) is 0 Å². The summed E-state index contributed by atoms with van der Waals surface area (Å²) in [7, 11) is 2.24. The molecule has 98 valence electrons. The summed E-state index contributed by atoms with van der Waals surface area (Å²) in [6.07, 6.45) is 3.66. The van der Waals surface area contributed by atoms with E-state index < -0.39 is 0 Å². The molecule has 0 aromatic heterocycles.